The molecule has 0 aromatic heterocycles. The van der Waals surface area contributed by atoms with Crippen molar-refractivity contribution in [3.8, 4) is 5.75 Å². The number of carbonyl (C=O) groups excluding carboxylic acids is 1. The van der Waals surface area contributed by atoms with Crippen molar-refractivity contribution in [1.29, 1.82) is 0 Å². The van der Waals surface area contributed by atoms with Gasteiger partial charge >= 0.3 is 11.9 Å². The largest absolute Gasteiger partial charge is 0.478 e. The molecule has 7 heteroatoms. The van der Waals surface area contributed by atoms with E-state index in [0.717, 1.165) is 0 Å². The quantitative estimate of drug-likeness (QED) is 0.340. The van der Waals surface area contributed by atoms with Crippen LogP contribution >= 0.6 is 0 Å². The molecule has 0 amide bonds. The molecule has 0 spiro atoms. The number of carboxylic acids is 1. The number of rotatable bonds is 4. The Labute approximate surface area is 125 Å². The maximum atomic E-state index is 12.2. The Bertz CT molecular complexity index is 752. The number of guanidine groups is 1. The summed E-state index contributed by atoms with van der Waals surface area (Å²) in [6.07, 6.45) is 0. The van der Waals surface area contributed by atoms with Crippen LogP contribution in [-0.2, 0) is 0 Å². The zero-order chi connectivity index (χ0) is 16.1. The van der Waals surface area contributed by atoms with Crippen molar-refractivity contribution < 1.29 is 19.4 Å². The topological polar surface area (TPSA) is 128 Å². The van der Waals surface area contributed by atoms with Crippen LogP contribution in [0.15, 0.2) is 53.5 Å². The zero-order valence-corrected chi connectivity index (χ0v) is 11.4. The molecule has 0 aliphatic heterocycles. The Balaban J connectivity index is 2.35. The Hall–Kier alpha value is -3.35. The van der Waals surface area contributed by atoms with Crippen LogP contribution in [-0.4, -0.2) is 23.0 Å². The van der Waals surface area contributed by atoms with E-state index in [4.69, 9.17) is 21.3 Å². The average Bonchev–Trinajstić information content (AvgIpc) is 2.47. The first kappa shape index (κ1) is 15.0. The minimum atomic E-state index is -1.19. The fraction of sp³-hybridized carbons (Fsp3) is 0. The summed E-state index contributed by atoms with van der Waals surface area (Å²) in [4.78, 5) is 27.2. The van der Waals surface area contributed by atoms with Crippen LogP contribution in [0.3, 0.4) is 0 Å². The molecule has 7 nitrogen and oxygen atoms in total. The molecule has 2 rings (SSSR count). The van der Waals surface area contributed by atoms with Crippen LogP contribution in [0.5, 0.6) is 5.75 Å². The molecule has 112 valence electrons. The number of benzene rings is 2. The molecular weight excluding hydrogens is 286 g/mol. The van der Waals surface area contributed by atoms with E-state index < -0.39 is 11.9 Å². The number of aromatic carboxylic acids is 1. The van der Waals surface area contributed by atoms with Crippen molar-refractivity contribution in [3.05, 3.63) is 59.7 Å². The Kier molecular flexibility index (Phi) is 4.38. The van der Waals surface area contributed by atoms with Gasteiger partial charge in [0, 0.05) is 0 Å². The van der Waals surface area contributed by atoms with Crippen LogP contribution < -0.4 is 16.2 Å². The Morgan fingerprint density at radius 3 is 2.18 bits per heavy atom. The molecule has 0 aliphatic rings. The second-order valence-corrected chi connectivity index (χ2v) is 4.24. The SMILES string of the molecule is NC(N)=Nc1ccccc1C(=O)Oc1ccccc1C(=O)O. The van der Waals surface area contributed by atoms with Gasteiger partial charge in [-0.15, -0.1) is 0 Å². The summed E-state index contributed by atoms with van der Waals surface area (Å²) in [6.45, 7) is 0. The van der Waals surface area contributed by atoms with Gasteiger partial charge in [0.05, 0.1) is 11.3 Å². The molecule has 0 saturated heterocycles. The molecule has 22 heavy (non-hydrogen) atoms. The number of ether oxygens (including phenoxy) is 1. The number of hydrogen-bond donors (Lipinski definition) is 3. The number of hydrogen-bond acceptors (Lipinski definition) is 4. The minimum Gasteiger partial charge on any atom is -0.478 e. The predicted octanol–water partition coefficient (Wildman–Crippen LogP) is 1.51. The molecule has 0 unspecified atom stereocenters. The molecular formula is C15H13N3O4. The number of para-hydroxylation sites is 2. The van der Waals surface area contributed by atoms with E-state index in [2.05, 4.69) is 4.99 Å². The van der Waals surface area contributed by atoms with Gasteiger partial charge in [0.2, 0.25) is 0 Å². The van der Waals surface area contributed by atoms with Crippen molar-refractivity contribution >= 4 is 23.6 Å². The van der Waals surface area contributed by atoms with E-state index in [-0.39, 0.29) is 28.5 Å². The van der Waals surface area contributed by atoms with Gasteiger partial charge in [-0.1, -0.05) is 24.3 Å². The number of nitrogens with zero attached hydrogens (tertiary/aromatic N) is 1. The standard InChI is InChI=1S/C15H13N3O4/c16-15(17)18-11-7-3-1-5-9(11)14(21)22-12-8-4-2-6-10(12)13(19)20/h1-8H,(H,19,20)(H4,16,17,18). The van der Waals surface area contributed by atoms with Crippen molar-refractivity contribution in [3.63, 3.8) is 0 Å². The van der Waals surface area contributed by atoms with Gasteiger partial charge in [-0.2, -0.15) is 0 Å². The van der Waals surface area contributed by atoms with Crippen molar-refractivity contribution in [2.45, 2.75) is 0 Å². The van der Waals surface area contributed by atoms with Gasteiger partial charge in [-0.25, -0.2) is 14.6 Å². The number of esters is 1. The highest BCUT2D eigenvalue weighted by atomic mass is 16.5. The molecule has 5 N–H and O–H groups in total. The lowest BCUT2D eigenvalue weighted by Gasteiger charge is -2.08. The third-order valence-corrected chi connectivity index (χ3v) is 2.69. The van der Waals surface area contributed by atoms with E-state index in [0.29, 0.717) is 0 Å². The minimum absolute atomic E-state index is 0.0560. The van der Waals surface area contributed by atoms with E-state index in [1.165, 1.54) is 24.3 Å². The molecule has 0 radical (unpaired) electrons. The van der Waals surface area contributed by atoms with Crippen molar-refractivity contribution in [2.75, 3.05) is 0 Å². The van der Waals surface area contributed by atoms with Gasteiger partial charge in [0.15, 0.2) is 5.96 Å². The Morgan fingerprint density at radius 2 is 1.55 bits per heavy atom. The third-order valence-electron chi connectivity index (χ3n) is 2.69. The van der Waals surface area contributed by atoms with E-state index in [9.17, 15) is 9.59 Å². The zero-order valence-electron chi connectivity index (χ0n) is 11.4. The van der Waals surface area contributed by atoms with Crippen molar-refractivity contribution in [1.82, 2.24) is 0 Å². The van der Waals surface area contributed by atoms with Crippen LogP contribution in [0.4, 0.5) is 5.69 Å². The molecule has 0 heterocycles. The highest BCUT2D eigenvalue weighted by Gasteiger charge is 2.17. The number of aliphatic imine (C=N–C) groups is 1. The van der Waals surface area contributed by atoms with Crippen LogP contribution in [0, 0.1) is 0 Å². The van der Waals surface area contributed by atoms with E-state index in [1.807, 2.05) is 0 Å². The summed E-state index contributed by atoms with van der Waals surface area (Å²) >= 11 is 0. The molecule has 0 fully saturated rings. The smallest absolute Gasteiger partial charge is 0.345 e. The predicted molar refractivity (Wildman–Crippen MR) is 80.3 cm³/mol. The summed E-state index contributed by atoms with van der Waals surface area (Å²) < 4.78 is 5.14. The molecule has 0 aliphatic carbocycles. The monoisotopic (exact) mass is 299 g/mol. The second-order valence-electron chi connectivity index (χ2n) is 4.24. The normalized spacial score (nSPS) is 9.82. The maximum absolute atomic E-state index is 12.2. The molecule has 0 bridgehead atoms. The van der Waals surface area contributed by atoms with Crippen LogP contribution in [0.1, 0.15) is 20.7 Å². The highest BCUT2D eigenvalue weighted by Crippen LogP contribution is 2.23. The highest BCUT2D eigenvalue weighted by molar-refractivity contribution is 5.99. The Morgan fingerprint density at radius 1 is 0.955 bits per heavy atom. The lowest BCUT2D eigenvalue weighted by atomic mass is 10.1. The summed E-state index contributed by atoms with van der Waals surface area (Å²) in [6, 6.07) is 12.1. The fourth-order valence-corrected chi connectivity index (χ4v) is 1.77. The molecule has 2 aromatic rings. The summed E-state index contributed by atoms with van der Waals surface area (Å²) in [7, 11) is 0. The maximum Gasteiger partial charge on any atom is 0.345 e. The van der Waals surface area contributed by atoms with Gasteiger partial charge in [0.1, 0.15) is 11.3 Å². The average molecular weight is 299 g/mol. The lowest BCUT2D eigenvalue weighted by molar-refractivity contribution is 0.0682. The number of carbonyl (C=O) groups is 2. The first-order valence-electron chi connectivity index (χ1n) is 6.22. The van der Waals surface area contributed by atoms with Crippen molar-refractivity contribution in [2.24, 2.45) is 16.5 Å². The van der Waals surface area contributed by atoms with Gasteiger partial charge in [0.25, 0.3) is 0 Å². The first-order valence-corrected chi connectivity index (χ1v) is 6.22. The van der Waals surface area contributed by atoms with Gasteiger partial charge < -0.3 is 21.3 Å². The third kappa shape index (κ3) is 3.40. The van der Waals surface area contributed by atoms with Gasteiger partial charge in [-0.05, 0) is 24.3 Å². The second kappa shape index (κ2) is 6.40. The number of nitrogens with two attached hydrogens (primary N) is 2. The van der Waals surface area contributed by atoms with Gasteiger partial charge in [-0.3, -0.25) is 0 Å². The van der Waals surface area contributed by atoms with E-state index >= 15 is 0 Å². The number of carboxylic acid groups (broad SMARTS) is 1. The lowest BCUT2D eigenvalue weighted by Crippen LogP contribution is -2.22. The fourth-order valence-electron chi connectivity index (χ4n) is 1.77. The molecule has 0 atom stereocenters. The van der Waals surface area contributed by atoms with Crippen LogP contribution in [0.2, 0.25) is 0 Å². The summed E-state index contributed by atoms with van der Waals surface area (Å²) in [5.74, 6) is -2.21. The first-order chi connectivity index (χ1) is 10.5. The van der Waals surface area contributed by atoms with E-state index in [1.54, 1.807) is 24.3 Å². The summed E-state index contributed by atoms with van der Waals surface area (Å²) in [5, 5.41) is 9.08. The molecule has 2 aromatic carbocycles. The molecule has 0 saturated carbocycles. The summed E-state index contributed by atoms with van der Waals surface area (Å²) in [5.41, 5.74) is 10.9. The van der Waals surface area contributed by atoms with Crippen LogP contribution in [0.25, 0.3) is 0 Å².